The van der Waals surface area contributed by atoms with Crippen molar-refractivity contribution in [3.05, 3.63) is 0 Å². The van der Waals surface area contributed by atoms with Crippen molar-refractivity contribution in [2.24, 2.45) is 5.73 Å². The molecule has 0 heterocycles. The topological polar surface area (TPSA) is 66.6 Å². The maximum atomic E-state index is 10.8. The lowest BCUT2D eigenvalue weighted by molar-refractivity contribution is -0.150. The number of rotatable bonds is 6. The average molecular weight is 266 g/mol. The number of carboxylic acids is 1. The first-order valence-electron chi connectivity index (χ1n) is 3.86. The molecule has 0 saturated heterocycles. The second kappa shape index (κ2) is 7.54. The molecule has 4 nitrogen and oxygen atoms in total. The predicted molar refractivity (Wildman–Crippen MR) is 60.5 cm³/mol. The molecule has 0 rings (SSSR count). The van der Waals surface area contributed by atoms with Gasteiger partial charge in [0.25, 0.3) is 0 Å². The third-order valence-electron chi connectivity index (χ3n) is 1.80. The Balaban J connectivity index is 0. The van der Waals surface area contributed by atoms with Crippen molar-refractivity contribution in [3.8, 4) is 0 Å². The van der Waals surface area contributed by atoms with Gasteiger partial charge in [0.15, 0.2) is 5.66 Å². The largest absolute Gasteiger partial charge is 0.479 e. The number of aliphatic carboxylic acids is 1. The van der Waals surface area contributed by atoms with Gasteiger partial charge in [-0.05, 0) is 6.92 Å². The summed E-state index contributed by atoms with van der Waals surface area (Å²) >= 11 is 11.0. The van der Waals surface area contributed by atoms with E-state index in [0.717, 1.165) is 0 Å². The van der Waals surface area contributed by atoms with Gasteiger partial charge in [0.05, 0.1) is 0 Å². The van der Waals surface area contributed by atoms with Crippen LogP contribution in [0, 0.1) is 0 Å². The summed E-state index contributed by atoms with van der Waals surface area (Å²) in [5.74, 6) is -0.420. The number of halogens is 3. The lowest BCUT2D eigenvalue weighted by Gasteiger charge is -2.33. The molecule has 0 fully saturated rings. The van der Waals surface area contributed by atoms with Gasteiger partial charge < -0.3 is 10.8 Å². The number of carboxylic acid groups (broad SMARTS) is 1. The van der Waals surface area contributed by atoms with E-state index in [-0.39, 0.29) is 12.4 Å². The molecule has 14 heavy (non-hydrogen) atoms. The summed E-state index contributed by atoms with van der Waals surface area (Å²) in [5, 5.41) is 8.81. The molecular formula is C7H15Cl3N2O2. The zero-order chi connectivity index (χ0) is 10.5. The Bertz CT molecular complexity index is 172. The van der Waals surface area contributed by atoms with Gasteiger partial charge in [-0.25, -0.2) is 4.79 Å². The summed E-state index contributed by atoms with van der Waals surface area (Å²) < 4.78 is 0. The molecule has 0 aromatic rings. The van der Waals surface area contributed by atoms with Crippen LogP contribution in [-0.4, -0.2) is 46.5 Å². The lowest BCUT2D eigenvalue weighted by Crippen LogP contribution is -2.60. The third kappa shape index (κ3) is 4.66. The Morgan fingerprint density at radius 1 is 1.43 bits per heavy atom. The lowest BCUT2D eigenvalue weighted by atomic mass is 10.2. The van der Waals surface area contributed by atoms with Gasteiger partial charge >= 0.3 is 5.97 Å². The summed E-state index contributed by atoms with van der Waals surface area (Å²) in [6, 6.07) is 0. The highest BCUT2D eigenvalue weighted by Crippen LogP contribution is 2.08. The Hall–Kier alpha value is 0.260. The summed E-state index contributed by atoms with van der Waals surface area (Å²) in [5.41, 5.74) is 4.19. The molecule has 0 unspecified atom stereocenters. The first-order valence-corrected chi connectivity index (χ1v) is 4.93. The number of alkyl halides is 2. The molecule has 0 bridgehead atoms. The van der Waals surface area contributed by atoms with Crippen LogP contribution in [0.4, 0.5) is 0 Å². The van der Waals surface area contributed by atoms with Crippen molar-refractivity contribution in [3.63, 3.8) is 0 Å². The molecule has 7 heteroatoms. The van der Waals surface area contributed by atoms with Crippen molar-refractivity contribution in [1.82, 2.24) is 4.90 Å². The number of nitrogens with zero attached hydrogens (tertiary/aromatic N) is 1. The Morgan fingerprint density at radius 3 is 2.00 bits per heavy atom. The molecule has 0 amide bonds. The maximum absolute atomic E-state index is 10.8. The zero-order valence-corrected chi connectivity index (χ0v) is 10.2. The van der Waals surface area contributed by atoms with Gasteiger partial charge in [0.2, 0.25) is 0 Å². The standard InChI is InChI=1S/C7H14Cl2N2O2.ClH/c1-7(10,6(12)13)11(4-2-8)5-3-9;/h2-5,10H2,1H3,(H,12,13);1H/t7-;/m1./s1. The molecule has 0 saturated carbocycles. The molecule has 0 aliphatic carbocycles. The SMILES string of the molecule is C[C@](N)(C(=O)O)N(CCCl)CCCl.Cl. The summed E-state index contributed by atoms with van der Waals surface area (Å²) in [6.45, 7) is 2.25. The van der Waals surface area contributed by atoms with Gasteiger partial charge in [0.1, 0.15) is 0 Å². The molecule has 0 spiro atoms. The average Bonchev–Trinajstić information content (AvgIpc) is 2.03. The van der Waals surface area contributed by atoms with Crippen LogP contribution in [0.2, 0.25) is 0 Å². The highest BCUT2D eigenvalue weighted by Gasteiger charge is 2.34. The normalized spacial score (nSPS) is 14.6. The van der Waals surface area contributed by atoms with E-state index in [0.29, 0.717) is 24.8 Å². The third-order valence-corrected chi connectivity index (χ3v) is 2.14. The van der Waals surface area contributed by atoms with Gasteiger partial charge in [-0.2, -0.15) is 0 Å². The number of carbonyl (C=O) groups is 1. The van der Waals surface area contributed by atoms with Crippen molar-refractivity contribution in [2.75, 3.05) is 24.8 Å². The minimum absolute atomic E-state index is 0. The van der Waals surface area contributed by atoms with E-state index in [1.807, 2.05) is 0 Å². The molecule has 86 valence electrons. The summed E-state index contributed by atoms with van der Waals surface area (Å²) in [7, 11) is 0. The second-order valence-electron chi connectivity index (χ2n) is 2.82. The van der Waals surface area contributed by atoms with E-state index in [4.69, 9.17) is 34.0 Å². The van der Waals surface area contributed by atoms with E-state index < -0.39 is 11.6 Å². The van der Waals surface area contributed by atoms with E-state index in [9.17, 15) is 4.79 Å². The number of hydrogen-bond donors (Lipinski definition) is 2. The maximum Gasteiger partial charge on any atom is 0.338 e. The molecule has 0 aromatic carbocycles. The number of hydrogen-bond acceptors (Lipinski definition) is 3. The smallest absolute Gasteiger partial charge is 0.338 e. The van der Waals surface area contributed by atoms with Crippen LogP contribution in [0.5, 0.6) is 0 Å². The molecular weight excluding hydrogens is 250 g/mol. The van der Waals surface area contributed by atoms with Crippen molar-refractivity contribution in [1.29, 1.82) is 0 Å². The van der Waals surface area contributed by atoms with Crippen molar-refractivity contribution in [2.45, 2.75) is 12.6 Å². The first-order chi connectivity index (χ1) is 5.96. The van der Waals surface area contributed by atoms with Crippen LogP contribution < -0.4 is 5.73 Å². The van der Waals surface area contributed by atoms with Crippen LogP contribution in [0.3, 0.4) is 0 Å². The highest BCUT2D eigenvalue weighted by molar-refractivity contribution is 6.18. The quantitative estimate of drug-likeness (QED) is 0.554. The fourth-order valence-corrected chi connectivity index (χ4v) is 1.32. The monoisotopic (exact) mass is 264 g/mol. The van der Waals surface area contributed by atoms with E-state index in [1.54, 1.807) is 0 Å². The fraction of sp³-hybridized carbons (Fsp3) is 0.857. The minimum Gasteiger partial charge on any atom is -0.479 e. The number of nitrogens with two attached hydrogens (primary N) is 1. The van der Waals surface area contributed by atoms with E-state index >= 15 is 0 Å². The van der Waals surface area contributed by atoms with Crippen LogP contribution in [0.1, 0.15) is 6.92 Å². The van der Waals surface area contributed by atoms with Crippen LogP contribution in [-0.2, 0) is 4.79 Å². The van der Waals surface area contributed by atoms with Gasteiger partial charge in [-0.3, -0.25) is 4.90 Å². The molecule has 1 atom stereocenters. The molecule has 0 aromatic heterocycles. The summed E-state index contributed by atoms with van der Waals surface area (Å²) in [4.78, 5) is 12.3. The minimum atomic E-state index is -1.40. The highest BCUT2D eigenvalue weighted by atomic mass is 35.5. The molecule has 0 aliphatic rings. The molecule has 0 aliphatic heterocycles. The van der Waals surface area contributed by atoms with E-state index in [1.165, 1.54) is 11.8 Å². The Kier molecular flexibility index (Phi) is 8.98. The second-order valence-corrected chi connectivity index (χ2v) is 3.57. The van der Waals surface area contributed by atoms with Crippen LogP contribution in [0.25, 0.3) is 0 Å². The fourth-order valence-electron chi connectivity index (χ4n) is 0.916. The van der Waals surface area contributed by atoms with E-state index in [2.05, 4.69) is 0 Å². The molecule has 3 N–H and O–H groups in total. The van der Waals surface area contributed by atoms with Crippen LogP contribution in [0.15, 0.2) is 0 Å². The van der Waals surface area contributed by atoms with Crippen molar-refractivity contribution >= 4 is 41.6 Å². The zero-order valence-electron chi connectivity index (χ0n) is 7.87. The van der Waals surface area contributed by atoms with Crippen LogP contribution >= 0.6 is 35.6 Å². The van der Waals surface area contributed by atoms with Gasteiger partial charge in [0, 0.05) is 24.8 Å². The van der Waals surface area contributed by atoms with Gasteiger partial charge in [-0.15, -0.1) is 35.6 Å². The molecule has 0 radical (unpaired) electrons. The van der Waals surface area contributed by atoms with Gasteiger partial charge in [-0.1, -0.05) is 0 Å². The predicted octanol–water partition coefficient (Wildman–Crippen LogP) is 0.947. The first kappa shape index (κ1) is 16.7. The Labute approximate surface area is 99.7 Å². The Morgan fingerprint density at radius 2 is 1.79 bits per heavy atom. The summed E-state index contributed by atoms with van der Waals surface area (Å²) in [6.07, 6.45) is 0. The van der Waals surface area contributed by atoms with Crippen molar-refractivity contribution < 1.29 is 9.90 Å².